The number of carbonyl (C=O) groups excluding carboxylic acids is 3. The van der Waals surface area contributed by atoms with Crippen molar-refractivity contribution in [2.45, 2.75) is 399 Å². The summed E-state index contributed by atoms with van der Waals surface area (Å²) in [4.78, 5) is 38.2. The summed E-state index contributed by atoms with van der Waals surface area (Å²) in [5.41, 5.74) is 0. The molecule has 484 valence electrons. The molecule has 0 radical (unpaired) electrons. The largest absolute Gasteiger partial charge is 0.462 e. The number of unbranched alkanes of at least 4 members (excludes halogenated alkanes) is 47. The second-order valence-electron chi connectivity index (χ2n) is 24.8. The predicted molar refractivity (Wildman–Crippen MR) is 362 cm³/mol. The predicted octanol–water partition coefficient (Wildman–Crippen LogP) is 25.5. The Balaban J connectivity index is 3.99. The third-order valence-electron chi connectivity index (χ3n) is 16.5. The molecule has 0 aliphatic rings. The van der Waals surface area contributed by atoms with Crippen LogP contribution < -0.4 is 0 Å². The maximum absolute atomic E-state index is 12.9. The smallest absolute Gasteiger partial charge is 0.306 e. The molecule has 0 spiro atoms. The Labute approximate surface area is 517 Å². The summed E-state index contributed by atoms with van der Waals surface area (Å²) < 4.78 is 16.9. The summed E-state index contributed by atoms with van der Waals surface area (Å²) in [6.45, 7) is 6.55. The van der Waals surface area contributed by atoms with E-state index in [1.54, 1.807) is 0 Å². The molecule has 0 aromatic carbocycles. The first-order chi connectivity index (χ1) is 41.0. The Bertz CT molecular complexity index is 1470. The number of allylic oxidation sites excluding steroid dienone is 10. The van der Waals surface area contributed by atoms with Gasteiger partial charge in [0, 0.05) is 19.3 Å². The van der Waals surface area contributed by atoms with Crippen LogP contribution in [0.4, 0.5) is 0 Å². The highest BCUT2D eigenvalue weighted by atomic mass is 16.6. The quantitative estimate of drug-likeness (QED) is 0.0261. The minimum absolute atomic E-state index is 0.0672. The number of hydrogen-bond donors (Lipinski definition) is 0. The lowest BCUT2D eigenvalue weighted by Crippen LogP contribution is -2.30. The van der Waals surface area contributed by atoms with Crippen LogP contribution in [0.1, 0.15) is 393 Å². The zero-order valence-corrected chi connectivity index (χ0v) is 55.7. The van der Waals surface area contributed by atoms with Crippen LogP contribution in [0.2, 0.25) is 0 Å². The maximum Gasteiger partial charge on any atom is 0.306 e. The van der Waals surface area contributed by atoms with Gasteiger partial charge >= 0.3 is 17.9 Å². The summed E-state index contributed by atoms with van der Waals surface area (Å²) in [7, 11) is 0. The molecular formula is C77H140O6. The fourth-order valence-corrected chi connectivity index (χ4v) is 11.1. The molecule has 0 heterocycles. The highest BCUT2D eigenvalue weighted by Gasteiger charge is 2.19. The monoisotopic (exact) mass is 1160 g/mol. The van der Waals surface area contributed by atoms with E-state index in [9.17, 15) is 14.4 Å². The number of esters is 3. The standard InChI is InChI=1S/C77H140O6/c1-4-7-10-13-16-18-20-22-24-26-28-30-32-34-35-36-37-38-39-40-41-43-44-46-48-50-52-54-56-58-61-64-67-70-76(79)82-73-74(72-81-75(78)69-66-63-60-15-12-9-6-3)83-77(80)71-68-65-62-59-57-55-53-51-49-47-45-42-33-31-29-27-25-23-21-19-17-14-11-8-5-2/h7,10,16,18,22,24,28,30,34-35,74H,4-6,8-9,11-15,17,19-21,23,25-27,29,31-33,36-73H2,1-3H3/b10-7-,18-16-,24-22-,30-28-,35-34-. The Kier molecular flexibility index (Phi) is 69.1. The van der Waals surface area contributed by atoms with Crippen molar-refractivity contribution in [2.24, 2.45) is 0 Å². The van der Waals surface area contributed by atoms with E-state index in [1.807, 2.05) is 0 Å². The summed E-state index contributed by atoms with van der Waals surface area (Å²) in [5.74, 6) is -0.847. The van der Waals surface area contributed by atoms with Gasteiger partial charge in [0.2, 0.25) is 0 Å². The Morgan fingerprint density at radius 3 is 0.735 bits per heavy atom. The van der Waals surface area contributed by atoms with Crippen molar-refractivity contribution < 1.29 is 28.6 Å². The molecule has 6 heteroatoms. The molecule has 0 saturated heterocycles. The van der Waals surface area contributed by atoms with Gasteiger partial charge in [-0.2, -0.15) is 0 Å². The first kappa shape index (κ1) is 80.1. The van der Waals surface area contributed by atoms with Gasteiger partial charge in [0.25, 0.3) is 0 Å². The Hall–Kier alpha value is -2.89. The van der Waals surface area contributed by atoms with Crippen molar-refractivity contribution in [1.29, 1.82) is 0 Å². The number of rotatable bonds is 68. The van der Waals surface area contributed by atoms with Crippen molar-refractivity contribution in [3.63, 3.8) is 0 Å². The molecule has 0 amide bonds. The van der Waals surface area contributed by atoms with E-state index < -0.39 is 6.10 Å². The van der Waals surface area contributed by atoms with Crippen molar-refractivity contribution >= 4 is 17.9 Å². The highest BCUT2D eigenvalue weighted by Crippen LogP contribution is 2.19. The van der Waals surface area contributed by atoms with Gasteiger partial charge in [0.1, 0.15) is 13.2 Å². The molecule has 0 aliphatic carbocycles. The third-order valence-corrected chi connectivity index (χ3v) is 16.5. The van der Waals surface area contributed by atoms with E-state index in [2.05, 4.69) is 81.5 Å². The van der Waals surface area contributed by atoms with E-state index in [0.29, 0.717) is 19.3 Å². The van der Waals surface area contributed by atoms with Crippen LogP contribution in [-0.4, -0.2) is 37.2 Å². The van der Waals surface area contributed by atoms with Crippen LogP contribution in [0.3, 0.4) is 0 Å². The Morgan fingerprint density at radius 1 is 0.253 bits per heavy atom. The van der Waals surface area contributed by atoms with Crippen LogP contribution in [0.25, 0.3) is 0 Å². The van der Waals surface area contributed by atoms with Crippen LogP contribution in [0, 0.1) is 0 Å². The lowest BCUT2D eigenvalue weighted by atomic mass is 10.0. The van der Waals surface area contributed by atoms with Gasteiger partial charge in [-0.3, -0.25) is 14.4 Å². The molecule has 1 unspecified atom stereocenters. The van der Waals surface area contributed by atoms with E-state index in [0.717, 1.165) is 89.9 Å². The molecule has 0 saturated carbocycles. The molecule has 0 aromatic rings. The van der Waals surface area contributed by atoms with Crippen molar-refractivity contribution in [3.8, 4) is 0 Å². The van der Waals surface area contributed by atoms with Crippen LogP contribution >= 0.6 is 0 Å². The summed E-state index contributed by atoms with van der Waals surface area (Å²) >= 11 is 0. The lowest BCUT2D eigenvalue weighted by Gasteiger charge is -2.18. The minimum atomic E-state index is -0.768. The van der Waals surface area contributed by atoms with E-state index in [4.69, 9.17) is 14.2 Å². The maximum atomic E-state index is 12.9. The average Bonchev–Trinajstić information content (AvgIpc) is 3.50. The molecule has 0 fully saturated rings. The van der Waals surface area contributed by atoms with Crippen molar-refractivity contribution in [2.75, 3.05) is 13.2 Å². The zero-order chi connectivity index (χ0) is 59.9. The van der Waals surface area contributed by atoms with Gasteiger partial charge in [-0.05, 0) is 64.2 Å². The van der Waals surface area contributed by atoms with Crippen molar-refractivity contribution in [3.05, 3.63) is 60.8 Å². The highest BCUT2D eigenvalue weighted by molar-refractivity contribution is 5.71. The summed E-state index contributed by atoms with van der Waals surface area (Å²) in [6, 6.07) is 0. The SMILES string of the molecule is CC/C=C\C/C=C\C/C=C\C/C=C\C/C=C\CCCCCCCCCCCCCCCCCCCC(=O)OCC(COC(=O)CCCCCCCCC)OC(=O)CCCCCCCCCCCCCCCCCCCCCCCCCCC. The normalized spacial score (nSPS) is 12.4. The third kappa shape index (κ3) is 69.8. The number of ether oxygens (including phenoxy) is 3. The van der Waals surface area contributed by atoms with E-state index in [1.165, 1.54) is 263 Å². The molecule has 0 aliphatic heterocycles. The van der Waals surface area contributed by atoms with Gasteiger partial charge in [-0.1, -0.05) is 370 Å². The molecule has 83 heavy (non-hydrogen) atoms. The van der Waals surface area contributed by atoms with Gasteiger partial charge in [0.05, 0.1) is 0 Å². The summed E-state index contributed by atoms with van der Waals surface area (Å²) in [5, 5.41) is 0. The van der Waals surface area contributed by atoms with Gasteiger partial charge < -0.3 is 14.2 Å². The van der Waals surface area contributed by atoms with Gasteiger partial charge in [-0.15, -0.1) is 0 Å². The fourth-order valence-electron chi connectivity index (χ4n) is 11.1. The zero-order valence-electron chi connectivity index (χ0n) is 55.7. The second kappa shape index (κ2) is 71.6. The fraction of sp³-hybridized carbons (Fsp3) is 0.831. The Morgan fingerprint density at radius 2 is 0.470 bits per heavy atom. The van der Waals surface area contributed by atoms with E-state index >= 15 is 0 Å². The average molecular weight is 1160 g/mol. The first-order valence-corrected chi connectivity index (χ1v) is 36.8. The van der Waals surface area contributed by atoms with Crippen LogP contribution in [0.5, 0.6) is 0 Å². The molecule has 6 nitrogen and oxygen atoms in total. The van der Waals surface area contributed by atoms with Crippen LogP contribution in [0.15, 0.2) is 60.8 Å². The molecule has 0 aromatic heterocycles. The van der Waals surface area contributed by atoms with Gasteiger partial charge in [0.15, 0.2) is 6.10 Å². The first-order valence-electron chi connectivity index (χ1n) is 36.8. The molecule has 0 rings (SSSR count). The minimum Gasteiger partial charge on any atom is -0.462 e. The summed E-state index contributed by atoms with van der Waals surface area (Å²) in [6.07, 6.45) is 93.0. The van der Waals surface area contributed by atoms with E-state index in [-0.39, 0.29) is 31.1 Å². The topological polar surface area (TPSA) is 78.9 Å². The number of carbonyl (C=O) groups is 3. The molecule has 0 N–H and O–H groups in total. The molecule has 0 bridgehead atoms. The molecule has 1 atom stereocenters. The van der Waals surface area contributed by atoms with Crippen molar-refractivity contribution in [1.82, 2.24) is 0 Å². The lowest BCUT2D eigenvalue weighted by molar-refractivity contribution is -0.167. The van der Waals surface area contributed by atoms with Crippen LogP contribution in [-0.2, 0) is 28.6 Å². The molecular weight excluding hydrogens is 1020 g/mol. The second-order valence-corrected chi connectivity index (χ2v) is 24.8. The van der Waals surface area contributed by atoms with Gasteiger partial charge in [-0.25, -0.2) is 0 Å². The number of hydrogen-bond acceptors (Lipinski definition) is 6.